The smallest absolute Gasteiger partial charge is 0.407 e. The molecule has 1 N–H and O–H groups in total. The molecule has 2 rings (SSSR count). The van der Waals surface area contributed by atoms with Gasteiger partial charge in [-0.25, -0.2) is 9.18 Å². The van der Waals surface area contributed by atoms with Crippen LogP contribution in [0.15, 0.2) is 22.7 Å². The largest absolute Gasteiger partial charge is 0.444 e. The quantitative estimate of drug-likeness (QED) is 0.826. The molecule has 1 aliphatic rings. The normalized spacial score (nSPS) is 19.1. The summed E-state index contributed by atoms with van der Waals surface area (Å²) >= 11 is 3.38. The summed E-state index contributed by atoms with van der Waals surface area (Å²) < 4.78 is 20.0. The van der Waals surface area contributed by atoms with Crippen LogP contribution in [0.2, 0.25) is 0 Å². The number of piperidine rings is 1. The highest BCUT2D eigenvalue weighted by Gasteiger charge is 2.24. The van der Waals surface area contributed by atoms with Gasteiger partial charge in [0, 0.05) is 23.6 Å². The molecule has 1 amide bonds. The lowest BCUT2D eigenvalue weighted by molar-refractivity contribution is 0.0472. The van der Waals surface area contributed by atoms with E-state index in [1.54, 1.807) is 6.07 Å². The fourth-order valence-electron chi connectivity index (χ4n) is 2.86. The van der Waals surface area contributed by atoms with E-state index < -0.39 is 5.60 Å². The number of likely N-dealkylation sites (tertiary alicyclic amines) is 1. The van der Waals surface area contributed by atoms with Crippen LogP contribution < -0.4 is 5.32 Å². The molecule has 1 heterocycles. The Morgan fingerprint density at radius 2 is 2.21 bits per heavy atom. The van der Waals surface area contributed by atoms with Gasteiger partial charge in [-0.1, -0.05) is 15.9 Å². The Bertz CT molecular complexity index is 575. The van der Waals surface area contributed by atoms with Crippen molar-refractivity contribution in [3.63, 3.8) is 0 Å². The topological polar surface area (TPSA) is 41.6 Å². The molecule has 1 aromatic carbocycles. The van der Waals surface area contributed by atoms with Gasteiger partial charge in [0.15, 0.2) is 0 Å². The molecule has 0 bridgehead atoms. The van der Waals surface area contributed by atoms with Crippen LogP contribution in [0, 0.1) is 5.82 Å². The predicted molar refractivity (Wildman–Crippen MR) is 96.6 cm³/mol. The molecule has 1 fully saturated rings. The fourth-order valence-corrected chi connectivity index (χ4v) is 3.27. The lowest BCUT2D eigenvalue weighted by Gasteiger charge is -2.33. The van der Waals surface area contributed by atoms with E-state index in [1.165, 1.54) is 6.07 Å². The number of nitrogens with one attached hydrogen (secondary N) is 1. The monoisotopic (exact) mass is 400 g/mol. The Morgan fingerprint density at radius 1 is 1.46 bits per heavy atom. The van der Waals surface area contributed by atoms with Crippen LogP contribution in [0.4, 0.5) is 9.18 Å². The first-order valence-corrected chi connectivity index (χ1v) is 9.18. The average Bonchev–Trinajstić information content (AvgIpc) is 2.46. The highest BCUT2D eigenvalue weighted by molar-refractivity contribution is 9.10. The lowest BCUT2D eigenvalue weighted by atomic mass is 10.0. The molecular formula is C18H26BrFN2O2. The van der Waals surface area contributed by atoms with Gasteiger partial charge in [-0.3, -0.25) is 0 Å². The van der Waals surface area contributed by atoms with E-state index in [2.05, 4.69) is 26.1 Å². The van der Waals surface area contributed by atoms with E-state index in [1.807, 2.05) is 26.8 Å². The van der Waals surface area contributed by atoms with Crippen molar-refractivity contribution in [1.82, 2.24) is 10.2 Å². The second-order valence-electron chi connectivity index (χ2n) is 7.27. The Hall–Kier alpha value is -1.14. The summed E-state index contributed by atoms with van der Waals surface area (Å²) in [7, 11) is 0. The average molecular weight is 401 g/mol. The van der Waals surface area contributed by atoms with Crippen LogP contribution in [0.5, 0.6) is 0 Å². The zero-order chi connectivity index (χ0) is 17.7. The zero-order valence-electron chi connectivity index (χ0n) is 14.6. The number of hydrogen-bond acceptors (Lipinski definition) is 3. The maximum atomic E-state index is 13.8. The summed E-state index contributed by atoms with van der Waals surface area (Å²) in [5, 5.41) is 2.94. The molecule has 0 aromatic heterocycles. The second kappa shape index (κ2) is 8.30. The summed E-state index contributed by atoms with van der Waals surface area (Å²) in [5.74, 6) is -0.168. The van der Waals surface area contributed by atoms with Crippen molar-refractivity contribution in [3.8, 4) is 0 Å². The molecule has 134 valence electrons. The van der Waals surface area contributed by atoms with Gasteiger partial charge in [0.1, 0.15) is 11.4 Å². The molecule has 1 atom stereocenters. The zero-order valence-corrected chi connectivity index (χ0v) is 16.2. The molecule has 1 aliphatic heterocycles. The minimum absolute atomic E-state index is 0.0842. The van der Waals surface area contributed by atoms with Crippen molar-refractivity contribution in [2.45, 2.75) is 51.7 Å². The fraction of sp³-hybridized carbons (Fsp3) is 0.611. The van der Waals surface area contributed by atoms with Crippen LogP contribution in [-0.2, 0) is 11.2 Å². The van der Waals surface area contributed by atoms with Crippen molar-refractivity contribution in [2.24, 2.45) is 0 Å². The van der Waals surface area contributed by atoms with E-state index in [9.17, 15) is 9.18 Å². The van der Waals surface area contributed by atoms with Crippen molar-refractivity contribution < 1.29 is 13.9 Å². The summed E-state index contributed by atoms with van der Waals surface area (Å²) in [4.78, 5) is 14.2. The Kier molecular flexibility index (Phi) is 6.63. The minimum atomic E-state index is -0.489. The second-order valence-corrected chi connectivity index (χ2v) is 8.19. The van der Waals surface area contributed by atoms with Gasteiger partial charge in [0.2, 0.25) is 0 Å². The van der Waals surface area contributed by atoms with Crippen LogP contribution in [0.1, 0.15) is 39.2 Å². The van der Waals surface area contributed by atoms with Crippen LogP contribution in [0.3, 0.4) is 0 Å². The SMILES string of the molecule is CC(C)(C)OC(=O)N[C@H]1CCCN(CCc2cc(Br)ccc2F)C1. The van der Waals surface area contributed by atoms with E-state index >= 15 is 0 Å². The van der Waals surface area contributed by atoms with Crippen molar-refractivity contribution >= 4 is 22.0 Å². The highest BCUT2D eigenvalue weighted by Crippen LogP contribution is 2.18. The third-order valence-corrected chi connectivity index (χ3v) is 4.42. The number of carbonyl (C=O) groups excluding carboxylic acids is 1. The summed E-state index contributed by atoms with van der Waals surface area (Å²) in [5.41, 5.74) is 0.225. The van der Waals surface area contributed by atoms with Crippen LogP contribution in [-0.4, -0.2) is 42.3 Å². The molecule has 0 aliphatic carbocycles. The first-order valence-electron chi connectivity index (χ1n) is 8.39. The molecule has 1 aromatic rings. The number of nitrogens with zero attached hydrogens (tertiary/aromatic N) is 1. The number of rotatable bonds is 4. The molecule has 0 unspecified atom stereocenters. The van der Waals surface area contributed by atoms with Gasteiger partial charge in [-0.2, -0.15) is 0 Å². The third kappa shape index (κ3) is 6.40. The maximum Gasteiger partial charge on any atom is 0.407 e. The summed E-state index contributed by atoms with van der Waals surface area (Å²) in [6.45, 7) is 8.09. The van der Waals surface area contributed by atoms with E-state index in [0.717, 1.165) is 36.9 Å². The number of amides is 1. The van der Waals surface area contributed by atoms with Crippen molar-refractivity contribution in [3.05, 3.63) is 34.1 Å². The lowest BCUT2D eigenvalue weighted by Crippen LogP contribution is -2.49. The van der Waals surface area contributed by atoms with Crippen molar-refractivity contribution in [2.75, 3.05) is 19.6 Å². The Morgan fingerprint density at radius 3 is 2.92 bits per heavy atom. The molecular weight excluding hydrogens is 375 g/mol. The Balaban J connectivity index is 1.82. The van der Waals surface area contributed by atoms with E-state index in [0.29, 0.717) is 12.0 Å². The Labute approximate surface area is 151 Å². The van der Waals surface area contributed by atoms with Crippen LogP contribution >= 0.6 is 15.9 Å². The first kappa shape index (κ1) is 19.2. The summed E-state index contributed by atoms with van der Waals surface area (Å²) in [6, 6.07) is 5.11. The predicted octanol–water partition coefficient (Wildman–Crippen LogP) is 4.12. The van der Waals surface area contributed by atoms with Gasteiger partial charge >= 0.3 is 6.09 Å². The molecule has 24 heavy (non-hydrogen) atoms. The number of halogens is 2. The van der Waals surface area contributed by atoms with Gasteiger partial charge < -0.3 is 15.0 Å². The number of hydrogen-bond donors (Lipinski definition) is 1. The van der Waals surface area contributed by atoms with Gasteiger partial charge in [-0.15, -0.1) is 0 Å². The standard InChI is InChI=1S/C18H26BrFN2O2/c1-18(2,3)24-17(23)21-15-5-4-9-22(12-15)10-8-13-11-14(19)6-7-16(13)20/h6-7,11,15H,4-5,8-10,12H2,1-3H3,(H,21,23)/t15-/m0/s1. The van der Waals surface area contributed by atoms with Gasteiger partial charge in [0.25, 0.3) is 0 Å². The molecule has 0 spiro atoms. The molecule has 0 saturated carbocycles. The van der Waals surface area contributed by atoms with Crippen LogP contribution in [0.25, 0.3) is 0 Å². The minimum Gasteiger partial charge on any atom is -0.444 e. The highest BCUT2D eigenvalue weighted by atomic mass is 79.9. The number of carbonyl (C=O) groups is 1. The molecule has 4 nitrogen and oxygen atoms in total. The number of ether oxygens (including phenoxy) is 1. The van der Waals surface area contributed by atoms with E-state index in [4.69, 9.17) is 4.74 Å². The number of benzene rings is 1. The summed E-state index contributed by atoms with van der Waals surface area (Å²) in [6.07, 6.45) is 2.25. The number of alkyl carbamates (subject to hydrolysis) is 1. The molecule has 1 saturated heterocycles. The van der Waals surface area contributed by atoms with Crippen molar-refractivity contribution in [1.29, 1.82) is 0 Å². The maximum absolute atomic E-state index is 13.8. The molecule has 6 heteroatoms. The third-order valence-electron chi connectivity index (χ3n) is 3.93. The molecule has 0 radical (unpaired) electrons. The van der Waals surface area contributed by atoms with Gasteiger partial charge in [0.05, 0.1) is 0 Å². The first-order chi connectivity index (χ1) is 11.2. The van der Waals surface area contributed by atoms with E-state index in [-0.39, 0.29) is 18.0 Å². The van der Waals surface area contributed by atoms with Gasteiger partial charge in [-0.05, 0) is 70.3 Å².